The van der Waals surface area contributed by atoms with Crippen LogP contribution in [0.2, 0.25) is 0 Å². The first kappa shape index (κ1) is 18.1. The van der Waals surface area contributed by atoms with Gasteiger partial charge in [0.2, 0.25) is 0 Å². The second-order valence-corrected chi connectivity index (χ2v) is 6.29. The Morgan fingerprint density at radius 1 is 1.31 bits per heavy atom. The third-order valence-electron chi connectivity index (χ3n) is 4.45. The number of ether oxygens (including phenoxy) is 1. The molecule has 8 heteroatoms. The average molecular weight is 356 g/mol. The van der Waals surface area contributed by atoms with Crippen molar-refractivity contribution in [1.29, 1.82) is 0 Å². The second kappa shape index (κ2) is 8.59. The molecule has 1 amide bonds. The highest BCUT2D eigenvalue weighted by atomic mass is 16.5. The molecule has 0 radical (unpaired) electrons. The van der Waals surface area contributed by atoms with Crippen LogP contribution in [0, 0.1) is 0 Å². The quantitative estimate of drug-likeness (QED) is 0.583. The van der Waals surface area contributed by atoms with Crippen molar-refractivity contribution in [2.75, 3.05) is 12.4 Å². The van der Waals surface area contributed by atoms with Crippen LogP contribution >= 0.6 is 0 Å². The highest BCUT2D eigenvalue weighted by Crippen LogP contribution is 2.21. The third-order valence-corrected chi connectivity index (χ3v) is 4.45. The number of rotatable bonds is 6. The van der Waals surface area contributed by atoms with Gasteiger partial charge in [-0.1, -0.05) is 12.8 Å². The zero-order valence-electron chi connectivity index (χ0n) is 14.7. The van der Waals surface area contributed by atoms with E-state index in [0.717, 1.165) is 25.7 Å². The smallest absolute Gasteiger partial charge is 0.269 e. The largest absolute Gasteiger partial charge is 0.495 e. The zero-order chi connectivity index (χ0) is 18.4. The molecule has 26 heavy (non-hydrogen) atoms. The van der Waals surface area contributed by atoms with Crippen LogP contribution in [-0.2, 0) is 0 Å². The van der Waals surface area contributed by atoms with Crippen LogP contribution in [0.3, 0.4) is 0 Å². The van der Waals surface area contributed by atoms with Crippen molar-refractivity contribution in [3.8, 4) is 5.75 Å². The van der Waals surface area contributed by atoms with E-state index in [-0.39, 0.29) is 18.0 Å². The number of pyridine rings is 2. The molecule has 1 fully saturated rings. The summed E-state index contributed by atoms with van der Waals surface area (Å²) in [4.78, 5) is 21.0. The van der Waals surface area contributed by atoms with Crippen molar-refractivity contribution < 1.29 is 9.53 Å². The lowest BCUT2D eigenvalue weighted by Crippen LogP contribution is -2.53. The Kier molecular flexibility index (Phi) is 5.98. The number of hydrazine groups is 1. The first-order chi connectivity index (χ1) is 12.7. The minimum Gasteiger partial charge on any atom is -0.495 e. The van der Waals surface area contributed by atoms with Crippen molar-refractivity contribution in [3.05, 3.63) is 42.4 Å². The summed E-state index contributed by atoms with van der Waals surface area (Å²) in [6.45, 7) is 0. The predicted molar refractivity (Wildman–Crippen MR) is 99.1 cm³/mol. The normalized spacial score (nSPS) is 19.6. The molecule has 0 unspecified atom stereocenters. The van der Waals surface area contributed by atoms with E-state index in [1.165, 1.54) is 0 Å². The van der Waals surface area contributed by atoms with E-state index < -0.39 is 0 Å². The maximum Gasteiger partial charge on any atom is 0.269 e. The molecule has 0 spiro atoms. The summed E-state index contributed by atoms with van der Waals surface area (Å²) in [5.41, 5.74) is 13.0. The lowest BCUT2D eigenvalue weighted by atomic mass is 9.91. The molecular formula is C18H24N6O2. The number of hydrogen-bond donors (Lipinski definition) is 4. The standard InChI is InChI=1S/C18H24N6O2/c1-26-13-9-12(10-20-11-13)22-17-14(5-4-8-21-17)18(25)24-23-16-7-3-2-6-15(16)19/h4-5,8-11,15-16,23H,2-3,6-7,19H2,1H3,(H,21,22)(H,24,25)/t15-,16+/m0/s1. The molecule has 1 aliphatic carbocycles. The minimum atomic E-state index is -0.269. The van der Waals surface area contributed by atoms with E-state index in [1.54, 1.807) is 43.9 Å². The van der Waals surface area contributed by atoms with Crippen LogP contribution < -0.4 is 26.6 Å². The van der Waals surface area contributed by atoms with Crippen molar-refractivity contribution in [1.82, 2.24) is 20.8 Å². The van der Waals surface area contributed by atoms with E-state index in [2.05, 4.69) is 26.1 Å². The van der Waals surface area contributed by atoms with Crippen LogP contribution in [0.5, 0.6) is 5.75 Å². The monoisotopic (exact) mass is 356 g/mol. The highest BCUT2D eigenvalue weighted by Gasteiger charge is 2.22. The van der Waals surface area contributed by atoms with Gasteiger partial charge in [0.1, 0.15) is 11.6 Å². The van der Waals surface area contributed by atoms with Gasteiger partial charge >= 0.3 is 0 Å². The van der Waals surface area contributed by atoms with E-state index in [9.17, 15) is 4.79 Å². The summed E-state index contributed by atoms with van der Waals surface area (Å²) in [6, 6.07) is 5.35. The van der Waals surface area contributed by atoms with Gasteiger partial charge in [0.25, 0.3) is 5.91 Å². The Balaban J connectivity index is 1.68. The molecule has 0 aromatic carbocycles. The number of carbonyl (C=O) groups excluding carboxylic acids is 1. The lowest BCUT2D eigenvalue weighted by Gasteiger charge is -2.29. The highest BCUT2D eigenvalue weighted by molar-refractivity contribution is 5.99. The molecule has 138 valence electrons. The van der Waals surface area contributed by atoms with Crippen molar-refractivity contribution >= 4 is 17.4 Å². The molecule has 0 bridgehead atoms. The van der Waals surface area contributed by atoms with E-state index >= 15 is 0 Å². The van der Waals surface area contributed by atoms with Gasteiger partial charge in [-0.05, 0) is 25.0 Å². The molecule has 3 rings (SSSR count). The molecule has 0 saturated heterocycles. The number of methoxy groups -OCH3 is 1. The molecule has 2 aromatic heterocycles. The maximum absolute atomic E-state index is 12.6. The molecule has 0 aliphatic heterocycles. The summed E-state index contributed by atoms with van der Waals surface area (Å²) in [6.07, 6.45) is 9.04. The van der Waals surface area contributed by atoms with Gasteiger partial charge in [0.05, 0.1) is 30.8 Å². The lowest BCUT2D eigenvalue weighted by molar-refractivity contribution is 0.0917. The Morgan fingerprint density at radius 3 is 2.96 bits per heavy atom. The molecule has 1 saturated carbocycles. The van der Waals surface area contributed by atoms with Gasteiger partial charge < -0.3 is 15.8 Å². The Hall–Kier alpha value is -2.71. The van der Waals surface area contributed by atoms with Crippen LogP contribution in [-0.4, -0.2) is 35.1 Å². The Bertz CT molecular complexity index is 754. The zero-order valence-corrected chi connectivity index (χ0v) is 14.7. The first-order valence-corrected chi connectivity index (χ1v) is 8.70. The number of nitrogens with zero attached hydrogens (tertiary/aromatic N) is 2. The number of carbonyl (C=O) groups is 1. The molecule has 1 aliphatic rings. The van der Waals surface area contributed by atoms with Gasteiger partial charge in [0, 0.05) is 24.3 Å². The fourth-order valence-corrected chi connectivity index (χ4v) is 2.99. The summed E-state index contributed by atoms with van der Waals surface area (Å²) in [7, 11) is 1.57. The average Bonchev–Trinajstić information content (AvgIpc) is 2.68. The SMILES string of the molecule is COc1cncc(Nc2ncccc2C(=O)NN[C@@H]2CCCC[C@@H]2N)c1. The van der Waals surface area contributed by atoms with Crippen molar-refractivity contribution in [2.24, 2.45) is 5.73 Å². The van der Waals surface area contributed by atoms with E-state index in [1.807, 2.05) is 0 Å². The first-order valence-electron chi connectivity index (χ1n) is 8.70. The van der Waals surface area contributed by atoms with Crippen LogP contribution in [0.1, 0.15) is 36.0 Å². The summed E-state index contributed by atoms with van der Waals surface area (Å²) in [5.74, 6) is 0.786. The Labute approximate surface area is 152 Å². The van der Waals surface area contributed by atoms with Gasteiger partial charge in [-0.2, -0.15) is 0 Å². The number of amides is 1. The Morgan fingerprint density at radius 2 is 2.15 bits per heavy atom. The number of nitrogens with two attached hydrogens (primary N) is 1. The van der Waals surface area contributed by atoms with E-state index in [0.29, 0.717) is 22.8 Å². The minimum absolute atomic E-state index is 0.0541. The predicted octanol–water partition coefficient (Wildman–Crippen LogP) is 1.73. The number of hydrogen-bond acceptors (Lipinski definition) is 7. The summed E-state index contributed by atoms with van der Waals surface area (Å²) in [5, 5.41) is 3.11. The van der Waals surface area contributed by atoms with Gasteiger partial charge in [0.15, 0.2) is 0 Å². The molecular weight excluding hydrogens is 332 g/mol. The fraction of sp³-hybridized carbons (Fsp3) is 0.389. The van der Waals surface area contributed by atoms with Crippen LogP contribution in [0.25, 0.3) is 0 Å². The van der Waals surface area contributed by atoms with E-state index in [4.69, 9.17) is 10.5 Å². The maximum atomic E-state index is 12.6. The molecule has 2 atom stereocenters. The molecule has 5 N–H and O–H groups in total. The summed E-state index contributed by atoms with van der Waals surface area (Å²) >= 11 is 0. The number of nitrogens with one attached hydrogen (secondary N) is 3. The van der Waals surface area contributed by atoms with Crippen LogP contribution in [0.4, 0.5) is 11.5 Å². The van der Waals surface area contributed by atoms with Crippen molar-refractivity contribution in [3.63, 3.8) is 0 Å². The second-order valence-electron chi connectivity index (χ2n) is 6.29. The fourth-order valence-electron chi connectivity index (χ4n) is 2.99. The van der Waals surface area contributed by atoms with Gasteiger partial charge in [-0.15, -0.1) is 0 Å². The van der Waals surface area contributed by atoms with Crippen molar-refractivity contribution in [2.45, 2.75) is 37.8 Å². The summed E-state index contributed by atoms with van der Waals surface area (Å²) < 4.78 is 5.16. The number of anilines is 2. The number of aromatic nitrogens is 2. The molecule has 2 aromatic rings. The van der Waals surface area contributed by atoms with Crippen LogP contribution in [0.15, 0.2) is 36.8 Å². The topological polar surface area (TPSA) is 114 Å². The third kappa shape index (κ3) is 4.47. The van der Waals surface area contributed by atoms with Gasteiger partial charge in [-0.3, -0.25) is 15.2 Å². The molecule has 8 nitrogen and oxygen atoms in total. The van der Waals surface area contributed by atoms with Gasteiger partial charge in [-0.25, -0.2) is 10.4 Å². The molecule has 2 heterocycles.